The zero-order chi connectivity index (χ0) is 9.68. The van der Waals surface area contributed by atoms with Gasteiger partial charge in [-0.3, -0.25) is 4.79 Å². The van der Waals surface area contributed by atoms with Crippen molar-refractivity contribution in [2.24, 2.45) is 11.7 Å². The predicted octanol–water partition coefficient (Wildman–Crippen LogP) is 0.144. The Morgan fingerprint density at radius 1 is 1.62 bits per heavy atom. The predicted molar refractivity (Wildman–Crippen MR) is 48.6 cm³/mol. The summed E-state index contributed by atoms with van der Waals surface area (Å²) in [4.78, 5) is 11.4. The number of hydrogen-bond acceptors (Lipinski definition) is 3. The first kappa shape index (κ1) is 10.0. The van der Waals surface area contributed by atoms with E-state index in [4.69, 9.17) is 11.0 Å². The monoisotopic (exact) mass is 181 g/mol. The van der Waals surface area contributed by atoms with Crippen molar-refractivity contribution in [3.05, 3.63) is 0 Å². The van der Waals surface area contributed by atoms with E-state index in [2.05, 4.69) is 5.32 Å². The Balaban J connectivity index is 2.27. The van der Waals surface area contributed by atoms with Crippen molar-refractivity contribution in [2.75, 3.05) is 6.54 Å². The van der Waals surface area contributed by atoms with Crippen LogP contribution in [-0.2, 0) is 4.79 Å². The number of nitrogens with one attached hydrogen (secondary N) is 1. The van der Waals surface area contributed by atoms with Crippen molar-refractivity contribution in [1.82, 2.24) is 5.32 Å². The van der Waals surface area contributed by atoms with Crippen molar-refractivity contribution >= 4 is 5.91 Å². The van der Waals surface area contributed by atoms with Crippen LogP contribution in [0.4, 0.5) is 0 Å². The maximum Gasteiger partial charge on any atom is 0.224 e. The molecule has 0 aromatic heterocycles. The van der Waals surface area contributed by atoms with E-state index >= 15 is 0 Å². The molecule has 1 saturated carbocycles. The second-order valence-electron chi connectivity index (χ2n) is 3.40. The molecule has 1 amide bonds. The number of nitrogens with zero attached hydrogens (tertiary/aromatic N) is 1. The normalized spacial score (nSPS) is 26.8. The highest BCUT2D eigenvalue weighted by atomic mass is 16.1. The molecule has 1 aliphatic rings. The summed E-state index contributed by atoms with van der Waals surface area (Å²) in [5, 5.41) is 11.0. The standard InChI is InChI=1S/C9H15N3O/c10-5-2-6-12-9(13)7-3-1-4-8(7)11/h7-8H,1-4,6,11H2,(H,12,13)/t7-,8+/m0/s1. The number of nitriles is 1. The van der Waals surface area contributed by atoms with Crippen LogP contribution < -0.4 is 11.1 Å². The molecule has 4 heteroatoms. The molecule has 0 heterocycles. The molecule has 4 nitrogen and oxygen atoms in total. The molecule has 1 fully saturated rings. The molecule has 0 bridgehead atoms. The van der Waals surface area contributed by atoms with Crippen molar-refractivity contribution in [3.63, 3.8) is 0 Å². The minimum Gasteiger partial charge on any atom is -0.355 e. The zero-order valence-corrected chi connectivity index (χ0v) is 7.62. The molecule has 3 N–H and O–H groups in total. The first-order valence-electron chi connectivity index (χ1n) is 4.66. The second-order valence-corrected chi connectivity index (χ2v) is 3.40. The molecule has 72 valence electrons. The summed E-state index contributed by atoms with van der Waals surface area (Å²) < 4.78 is 0. The Morgan fingerprint density at radius 2 is 2.38 bits per heavy atom. The minimum atomic E-state index is -0.0290. The topological polar surface area (TPSA) is 78.9 Å². The van der Waals surface area contributed by atoms with E-state index in [1.807, 2.05) is 6.07 Å². The average Bonchev–Trinajstić information content (AvgIpc) is 2.52. The van der Waals surface area contributed by atoms with Crippen LogP contribution in [0.3, 0.4) is 0 Å². The molecule has 0 saturated heterocycles. The number of hydrogen-bond donors (Lipinski definition) is 2. The van der Waals surface area contributed by atoms with Crippen LogP contribution in [-0.4, -0.2) is 18.5 Å². The fourth-order valence-electron chi connectivity index (χ4n) is 1.69. The summed E-state index contributed by atoms with van der Waals surface area (Å²) in [5.41, 5.74) is 5.76. The first-order chi connectivity index (χ1) is 6.25. The maximum atomic E-state index is 11.4. The van der Waals surface area contributed by atoms with Crippen LogP contribution in [0, 0.1) is 17.2 Å². The van der Waals surface area contributed by atoms with Crippen LogP contribution in [0.25, 0.3) is 0 Å². The smallest absolute Gasteiger partial charge is 0.224 e. The highest BCUT2D eigenvalue weighted by Crippen LogP contribution is 2.23. The third-order valence-electron chi connectivity index (χ3n) is 2.44. The van der Waals surface area contributed by atoms with Gasteiger partial charge in [-0.05, 0) is 12.8 Å². The van der Waals surface area contributed by atoms with Crippen LogP contribution in [0.5, 0.6) is 0 Å². The van der Waals surface area contributed by atoms with E-state index in [0.29, 0.717) is 13.0 Å². The summed E-state index contributed by atoms with van der Waals surface area (Å²) in [6, 6.07) is 1.99. The molecule has 0 unspecified atom stereocenters. The van der Waals surface area contributed by atoms with E-state index < -0.39 is 0 Å². The SMILES string of the molecule is N#CCCNC(=O)[C@H]1CCC[C@H]1N. The van der Waals surface area contributed by atoms with Gasteiger partial charge in [0.2, 0.25) is 5.91 Å². The fraction of sp³-hybridized carbons (Fsp3) is 0.778. The van der Waals surface area contributed by atoms with Crippen molar-refractivity contribution < 1.29 is 4.79 Å². The van der Waals surface area contributed by atoms with Crippen molar-refractivity contribution in [3.8, 4) is 6.07 Å². The molecule has 0 spiro atoms. The molecular weight excluding hydrogens is 166 g/mol. The van der Waals surface area contributed by atoms with E-state index in [-0.39, 0.29) is 17.9 Å². The summed E-state index contributed by atoms with van der Waals surface area (Å²) >= 11 is 0. The van der Waals surface area contributed by atoms with Crippen LogP contribution >= 0.6 is 0 Å². The van der Waals surface area contributed by atoms with Crippen molar-refractivity contribution in [1.29, 1.82) is 5.26 Å². The maximum absolute atomic E-state index is 11.4. The summed E-state index contributed by atoms with van der Waals surface area (Å²) in [7, 11) is 0. The fourth-order valence-corrected chi connectivity index (χ4v) is 1.69. The van der Waals surface area contributed by atoms with Gasteiger partial charge >= 0.3 is 0 Å². The lowest BCUT2D eigenvalue weighted by Crippen LogP contribution is -2.38. The molecule has 1 rings (SSSR count). The summed E-state index contributed by atoms with van der Waals surface area (Å²) in [5.74, 6) is -0.0149. The number of carbonyl (C=O) groups excluding carboxylic acids is 1. The molecule has 13 heavy (non-hydrogen) atoms. The molecule has 0 radical (unpaired) electrons. The van der Waals surface area contributed by atoms with Gasteiger partial charge in [-0.15, -0.1) is 0 Å². The number of carbonyl (C=O) groups is 1. The van der Waals surface area contributed by atoms with Gasteiger partial charge in [-0.2, -0.15) is 5.26 Å². The van der Waals surface area contributed by atoms with Crippen LogP contribution in [0.15, 0.2) is 0 Å². The van der Waals surface area contributed by atoms with Gasteiger partial charge in [0.05, 0.1) is 18.4 Å². The third kappa shape index (κ3) is 2.71. The lowest BCUT2D eigenvalue weighted by atomic mass is 10.0. The van der Waals surface area contributed by atoms with E-state index in [1.165, 1.54) is 0 Å². The average molecular weight is 181 g/mol. The Morgan fingerprint density at radius 3 is 2.92 bits per heavy atom. The van der Waals surface area contributed by atoms with Gasteiger partial charge in [0.25, 0.3) is 0 Å². The number of amides is 1. The van der Waals surface area contributed by atoms with Crippen LogP contribution in [0.1, 0.15) is 25.7 Å². The Labute approximate surface area is 78.1 Å². The molecule has 2 atom stereocenters. The van der Waals surface area contributed by atoms with Gasteiger partial charge in [0.15, 0.2) is 0 Å². The van der Waals surface area contributed by atoms with Crippen molar-refractivity contribution in [2.45, 2.75) is 31.7 Å². The minimum absolute atomic E-state index is 0.0141. The third-order valence-corrected chi connectivity index (χ3v) is 2.44. The number of rotatable bonds is 3. The van der Waals surface area contributed by atoms with Gasteiger partial charge in [-0.1, -0.05) is 6.42 Å². The second kappa shape index (κ2) is 4.83. The van der Waals surface area contributed by atoms with Gasteiger partial charge in [-0.25, -0.2) is 0 Å². The molecule has 1 aliphatic carbocycles. The van der Waals surface area contributed by atoms with E-state index in [1.54, 1.807) is 0 Å². The summed E-state index contributed by atoms with van der Waals surface area (Å²) in [6.45, 7) is 0.443. The highest BCUT2D eigenvalue weighted by molar-refractivity contribution is 5.79. The Hall–Kier alpha value is -1.08. The molecule has 0 aromatic carbocycles. The molecule has 0 aliphatic heterocycles. The lowest BCUT2D eigenvalue weighted by molar-refractivity contribution is -0.125. The van der Waals surface area contributed by atoms with Gasteiger partial charge < -0.3 is 11.1 Å². The van der Waals surface area contributed by atoms with Crippen LogP contribution in [0.2, 0.25) is 0 Å². The first-order valence-corrected chi connectivity index (χ1v) is 4.66. The summed E-state index contributed by atoms with van der Waals surface area (Å²) in [6.07, 6.45) is 3.24. The number of nitrogens with two attached hydrogens (primary N) is 1. The largest absolute Gasteiger partial charge is 0.355 e. The highest BCUT2D eigenvalue weighted by Gasteiger charge is 2.29. The lowest BCUT2D eigenvalue weighted by Gasteiger charge is -2.14. The van der Waals surface area contributed by atoms with Gasteiger partial charge in [0, 0.05) is 12.6 Å². The van der Waals surface area contributed by atoms with E-state index in [0.717, 1.165) is 19.3 Å². The van der Waals surface area contributed by atoms with E-state index in [9.17, 15) is 4.79 Å². The molecule has 0 aromatic rings. The quantitative estimate of drug-likeness (QED) is 0.608. The van der Waals surface area contributed by atoms with Gasteiger partial charge in [0.1, 0.15) is 0 Å². The molecular formula is C9H15N3O. The Kier molecular flexibility index (Phi) is 3.71. The Bertz CT molecular complexity index is 221. The zero-order valence-electron chi connectivity index (χ0n) is 7.62.